The normalized spacial score (nSPS) is 16.2. The molecule has 2 heterocycles. The third-order valence-electron chi connectivity index (χ3n) is 4.09. The summed E-state index contributed by atoms with van der Waals surface area (Å²) in [6, 6.07) is 8.01. The van der Waals surface area contributed by atoms with Crippen molar-refractivity contribution in [1.82, 2.24) is 19.9 Å². The molecule has 1 saturated carbocycles. The SMILES string of the molecule is CC(C#N)(NC(=O)CSc1nccn1Cc1ccccn1)C1CC1. The summed E-state index contributed by atoms with van der Waals surface area (Å²) in [7, 11) is 0. The number of carbonyl (C=O) groups excluding carboxylic acids is 1. The van der Waals surface area contributed by atoms with Gasteiger partial charge in [-0.25, -0.2) is 4.98 Å². The van der Waals surface area contributed by atoms with E-state index < -0.39 is 5.54 Å². The van der Waals surface area contributed by atoms with E-state index in [1.54, 1.807) is 19.3 Å². The number of rotatable bonds is 7. The lowest BCUT2D eigenvalue weighted by Gasteiger charge is -2.22. The number of hydrogen-bond donors (Lipinski definition) is 1. The Morgan fingerprint density at radius 1 is 1.46 bits per heavy atom. The minimum absolute atomic E-state index is 0.136. The number of nitrogens with zero attached hydrogens (tertiary/aromatic N) is 4. The van der Waals surface area contributed by atoms with Gasteiger partial charge in [-0.05, 0) is 37.8 Å². The Bertz CT molecular complexity index is 750. The lowest BCUT2D eigenvalue weighted by molar-refractivity contribution is -0.119. The minimum Gasteiger partial charge on any atom is -0.337 e. The summed E-state index contributed by atoms with van der Waals surface area (Å²) in [5.74, 6) is 0.384. The fourth-order valence-electron chi connectivity index (χ4n) is 2.56. The van der Waals surface area contributed by atoms with Crippen molar-refractivity contribution < 1.29 is 4.79 Å². The highest BCUT2D eigenvalue weighted by molar-refractivity contribution is 7.99. The maximum absolute atomic E-state index is 12.2. The molecule has 124 valence electrons. The predicted octanol–water partition coefficient (Wildman–Crippen LogP) is 2.23. The molecule has 2 aromatic rings. The molecular weight excluding hydrogens is 322 g/mol. The Kier molecular flexibility index (Phi) is 4.86. The van der Waals surface area contributed by atoms with Crippen molar-refractivity contribution in [3.8, 4) is 6.07 Å². The van der Waals surface area contributed by atoms with Crippen LogP contribution in [-0.2, 0) is 11.3 Å². The summed E-state index contributed by atoms with van der Waals surface area (Å²) in [6.07, 6.45) is 7.36. The maximum atomic E-state index is 12.2. The van der Waals surface area contributed by atoms with Gasteiger partial charge in [0.15, 0.2) is 5.16 Å². The van der Waals surface area contributed by atoms with E-state index in [4.69, 9.17) is 0 Å². The number of thioether (sulfide) groups is 1. The van der Waals surface area contributed by atoms with Crippen LogP contribution in [0, 0.1) is 17.2 Å². The van der Waals surface area contributed by atoms with Crippen molar-refractivity contribution in [2.45, 2.75) is 37.0 Å². The van der Waals surface area contributed by atoms with Crippen LogP contribution < -0.4 is 5.32 Å². The summed E-state index contributed by atoms with van der Waals surface area (Å²) < 4.78 is 1.96. The van der Waals surface area contributed by atoms with E-state index in [0.29, 0.717) is 6.54 Å². The van der Waals surface area contributed by atoms with Crippen LogP contribution in [0.25, 0.3) is 0 Å². The predicted molar refractivity (Wildman–Crippen MR) is 91.2 cm³/mol. The third kappa shape index (κ3) is 3.95. The minimum atomic E-state index is -0.749. The van der Waals surface area contributed by atoms with Crippen LogP contribution in [0.5, 0.6) is 0 Å². The molecule has 1 amide bonds. The fourth-order valence-corrected chi connectivity index (χ4v) is 3.32. The highest BCUT2D eigenvalue weighted by Gasteiger charge is 2.42. The van der Waals surface area contributed by atoms with E-state index in [9.17, 15) is 10.1 Å². The first-order valence-corrected chi connectivity index (χ1v) is 8.85. The Morgan fingerprint density at radius 3 is 2.96 bits per heavy atom. The molecule has 1 aliphatic rings. The molecule has 7 heteroatoms. The molecule has 24 heavy (non-hydrogen) atoms. The van der Waals surface area contributed by atoms with Gasteiger partial charge < -0.3 is 9.88 Å². The van der Waals surface area contributed by atoms with Gasteiger partial charge in [-0.2, -0.15) is 5.26 Å². The third-order valence-corrected chi connectivity index (χ3v) is 5.10. The van der Waals surface area contributed by atoms with E-state index in [2.05, 4.69) is 21.4 Å². The zero-order valence-electron chi connectivity index (χ0n) is 13.5. The largest absolute Gasteiger partial charge is 0.337 e. The molecule has 0 radical (unpaired) electrons. The molecule has 6 nitrogen and oxygen atoms in total. The standard InChI is InChI=1S/C17H19N5OS/c1-17(12-18,13-5-6-13)21-15(23)11-24-16-20-8-9-22(16)10-14-4-2-3-7-19-14/h2-4,7-9,13H,5-6,10-11H2,1H3,(H,21,23). The van der Waals surface area contributed by atoms with E-state index in [0.717, 1.165) is 23.7 Å². The average Bonchev–Trinajstić information content (AvgIpc) is 3.36. The van der Waals surface area contributed by atoms with Gasteiger partial charge >= 0.3 is 0 Å². The van der Waals surface area contributed by atoms with E-state index in [1.165, 1.54) is 11.8 Å². The number of carbonyl (C=O) groups is 1. The molecule has 1 aliphatic carbocycles. The molecule has 1 atom stereocenters. The number of amides is 1. The Labute approximate surface area is 145 Å². The first-order chi connectivity index (χ1) is 11.6. The zero-order valence-corrected chi connectivity index (χ0v) is 14.3. The van der Waals surface area contributed by atoms with Gasteiger partial charge in [0.05, 0.1) is 24.1 Å². The van der Waals surface area contributed by atoms with Gasteiger partial charge in [0.1, 0.15) is 5.54 Å². The van der Waals surface area contributed by atoms with Gasteiger partial charge in [-0.15, -0.1) is 0 Å². The fraction of sp³-hybridized carbons (Fsp3) is 0.412. The van der Waals surface area contributed by atoms with Crippen LogP contribution in [0.15, 0.2) is 41.9 Å². The van der Waals surface area contributed by atoms with Crippen LogP contribution in [0.3, 0.4) is 0 Å². The van der Waals surface area contributed by atoms with E-state index in [-0.39, 0.29) is 17.6 Å². The molecule has 1 unspecified atom stereocenters. The molecule has 2 aromatic heterocycles. The lowest BCUT2D eigenvalue weighted by Crippen LogP contribution is -2.47. The molecule has 0 aliphatic heterocycles. The smallest absolute Gasteiger partial charge is 0.231 e. The highest BCUT2D eigenvalue weighted by Crippen LogP contribution is 2.39. The summed E-state index contributed by atoms with van der Waals surface area (Å²) in [6.45, 7) is 2.41. The van der Waals surface area contributed by atoms with E-state index in [1.807, 2.05) is 29.0 Å². The van der Waals surface area contributed by atoms with Gasteiger partial charge in [0.25, 0.3) is 0 Å². The average molecular weight is 341 g/mol. The second-order valence-corrected chi connectivity index (χ2v) is 7.03. The first kappa shape index (κ1) is 16.5. The molecular formula is C17H19N5OS. The summed E-state index contributed by atoms with van der Waals surface area (Å²) >= 11 is 1.37. The molecule has 0 spiro atoms. The molecule has 1 fully saturated rings. The quantitative estimate of drug-likeness (QED) is 0.781. The van der Waals surface area contributed by atoms with Gasteiger partial charge in [-0.3, -0.25) is 9.78 Å². The number of pyridine rings is 1. The highest BCUT2D eigenvalue weighted by atomic mass is 32.2. The number of nitrogens with one attached hydrogen (secondary N) is 1. The monoisotopic (exact) mass is 341 g/mol. The Hall–Kier alpha value is -2.33. The van der Waals surface area contributed by atoms with Crippen molar-refractivity contribution in [2.24, 2.45) is 5.92 Å². The number of hydrogen-bond acceptors (Lipinski definition) is 5. The van der Waals surface area contributed by atoms with Crippen LogP contribution in [-0.4, -0.2) is 31.7 Å². The van der Waals surface area contributed by atoms with Crippen molar-refractivity contribution in [2.75, 3.05) is 5.75 Å². The lowest BCUT2D eigenvalue weighted by atomic mass is 9.98. The van der Waals surface area contributed by atoms with Crippen LogP contribution in [0.2, 0.25) is 0 Å². The molecule has 0 aromatic carbocycles. The first-order valence-electron chi connectivity index (χ1n) is 7.87. The summed E-state index contributed by atoms with van der Waals surface area (Å²) in [5.41, 5.74) is 0.189. The second kappa shape index (κ2) is 7.05. The molecule has 0 saturated heterocycles. The zero-order chi connectivity index (χ0) is 17.0. The number of nitriles is 1. The number of imidazole rings is 1. The van der Waals surface area contributed by atoms with Crippen LogP contribution in [0.1, 0.15) is 25.5 Å². The van der Waals surface area contributed by atoms with Crippen LogP contribution in [0.4, 0.5) is 0 Å². The maximum Gasteiger partial charge on any atom is 0.231 e. The molecule has 3 rings (SSSR count). The number of aromatic nitrogens is 3. The van der Waals surface area contributed by atoms with Gasteiger partial charge in [-0.1, -0.05) is 17.8 Å². The van der Waals surface area contributed by atoms with Crippen molar-refractivity contribution >= 4 is 17.7 Å². The molecule has 1 N–H and O–H groups in total. The van der Waals surface area contributed by atoms with Crippen molar-refractivity contribution in [1.29, 1.82) is 5.26 Å². The van der Waals surface area contributed by atoms with Gasteiger partial charge in [0, 0.05) is 18.6 Å². The summed E-state index contributed by atoms with van der Waals surface area (Å²) in [5, 5.41) is 12.9. The second-order valence-electron chi connectivity index (χ2n) is 6.08. The van der Waals surface area contributed by atoms with Crippen molar-refractivity contribution in [3.63, 3.8) is 0 Å². The topological polar surface area (TPSA) is 83.6 Å². The van der Waals surface area contributed by atoms with E-state index >= 15 is 0 Å². The van der Waals surface area contributed by atoms with Gasteiger partial charge in [0.2, 0.25) is 5.91 Å². The van der Waals surface area contributed by atoms with Crippen LogP contribution >= 0.6 is 11.8 Å². The van der Waals surface area contributed by atoms with Crippen molar-refractivity contribution in [3.05, 3.63) is 42.5 Å². The summed E-state index contributed by atoms with van der Waals surface area (Å²) in [4.78, 5) is 20.8. The Balaban J connectivity index is 1.56. The molecule has 0 bridgehead atoms. The Morgan fingerprint density at radius 2 is 2.29 bits per heavy atom.